The van der Waals surface area contributed by atoms with Gasteiger partial charge in [0.15, 0.2) is 12.3 Å². The van der Waals surface area contributed by atoms with Crippen LogP contribution in [0.4, 0.5) is 0 Å². The van der Waals surface area contributed by atoms with Crippen molar-refractivity contribution in [2.24, 2.45) is 11.8 Å². The van der Waals surface area contributed by atoms with Gasteiger partial charge in [0.2, 0.25) is 11.8 Å². The van der Waals surface area contributed by atoms with Gasteiger partial charge in [-0.25, -0.2) is 4.98 Å². The van der Waals surface area contributed by atoms with Crippen molar-refractivity contribution in [3.63, 3.8) is 0 Å². The van der Waals surface area contributed by atoms with E-state index in [1.165, 1.54) is 30.2 Å². The summed E-state index contributed by atoms with van der Waals surface area (Å²) in [5, 5.41) is 2.90. The zero-order valence-corrected chi connectivity index (χ0v) is 21.8. The molecule has 1 aromatic heterocycles. The van der Waals surface area contributed by atoms with Crippen LogP contribution in [0.1, 0.15) is 77.8 Å². The Kier molecular flexibility index (Phi) is 7.31. The van der Waals surface area contributed by atoms with Gasteiger partial charge in [0.05, 0.1) is 6.04 Å². The number of oxazole rings is 1. The van der Waals surface area contributed by atoms with E-state index in [2.05, 4.69) is 61.4 Å². The number of ether oxygens (including phenoxy) is 1. The van der Waals surface area contributed by atoms with Crippen molar-refractivity contribution in [3.8, 4) is 5.75 Å². The average Bonchev–Trinajstić information content (AvgIpc) is 3.60. The maximum Gasteiger partial charge on any atom is 0.273 e. The van der Waals surface area contributed by atoms with Crippen LogP contribution in [0.3, 0.4) is 0 Å². The Morgan fingerprint density at radius 1 is 1.16 bits per heavy atom. The summed E-state index contributed by atoms with van der Waals surface area (Å²) in [6.07, 6.45) is 5.05. The second-order valence-electron chi connectivity index (χ2n) is 10.7. The Balaban J connectivity index is 1.34. The summed E-state index contributed by atoms with van der Waals surface area (Å²) in [5.74, 6) is 1.87. The molecule has 7 nitrogen and oxygen atoms in total. The van der Waals surface area contributed by atoms with Gasteiger partial charge in [-0.2, -0.15) is 0 Å². The number of nitrogens with one attached hydrogen (secondary N) is 1. The number of aromatic nitrogens is 1. The predicted molar refractivity (Wildman–Crippen MR) is 140 cm³/mol. The minimum Gasteiger partial charge on any atom is -0.484 e. The van der Waals surface area contributed by atoms with E-state index in [9.17, 15) is 9.59 Å². The number of amides is 2. The number of nitrogens with zero attached hydrogens (tertiary/aromatic N) is 2. The molecule has 0 bridgehead atoms. The van der Waals surface area contributed by atoms with Gasteiger partial charge < -0.3 is 19.4 Å². The average molecular weight is 502 g/mol. The van der Waals surface area contributed by atoms with Gasteiger partial charge >= 0.3 is 0 Å². The van der Waals surface area contributed by atoms with Crippen LogP contribution in [-0.2, 0) is 17.8 Å². The van der Waals surface area contributed by atoms with Crippen LogP contribution in [0.2, 0.25) is 0 Å². The molecule has 2 amide bonds. The summed E-state index contributed by atoms with van der Waals surface area (Å²) >= 11 is 0. The van der Waals surface area contributed by atoms with Crippen molar-refractivity contribution in [2.45, 2.75) is 59.1 Å². The lowest BCUT2D eigenvalue weighted by Crippen LogP contribution is -2.41. The molecule has 7 heteroatoms. The third kappa shape index (κ3) is 6.04. The van der Waals surface area contributed by atoms with Crippen molar-refractivity contribution in [2.75, 3.05) is 13.1 Å². The first kappa shape index (κ1) is 25.1. The Hall–Kier alpha value is -3.61. The molecule has 2 heterocycles. The van der Waals surface area contributed by atoms with E-state index in [1.807, 2.05) is 17.0 Å². The van der Waals surface area contributed by atoms with E-state index in [4.69, 9.17) is 9.15 Å². The highest BCUT2D eigenvalue weighted by Gasteiger charge is 2.32. The third-order valence-corrected chi connectivity index (χ3v) is 7.04. The molecule has 1 aliphatic carbocycles. The first-order valence-electron chi connectivity index (χ1n) is 13.2. The summed E-state index contributed by atoms with van der Waals surface area (Å²) in [4.78, 5) is 31.8. The lowest BCUT2D eigenvalue weighted by atomic mass is 9.87. The fraction of sp³-hybridized carbons (Fsp3) is 0.433. The molecule has 1 atom stereocenters. The fourth-order valence-corrected chi connectivity index (χ4v) is 4.80. The summed E-state index contributed by atoms with van der Waals surface area (Å²) in [6.45, 7) is 7.71. The first-order valence-corrected chi connectivity index (χ1v) is 13.2. The summed E-state index contributed by atoms with van der Waals surface area (Å²) in [5.41, 5.74) is 4.84. The molecule has 1 N–H and O–H groups in total. The second-order valence-corrected chi connectivity index (χ2v) is 10.7. The van der Waals surface area contributed by atoms with Crippen molar-refractivity contribution in [3.05, 3.63) is 82.6 Å². The minimum absolute atomic E-state index is 0.111. The number of carbonyl (C=O) groups excluding carboxylic acids is 2. The zero-order valence-electron chi connectivity index (χ0n) is 21.8. The summed E-state index contributed by atoms with van der Waals surface area (Å²) in [7, 11) is 0. The van der Waals surface area contributed by atoms with E-state index in [-0.39, 0.29) is 30.2 Å². The molecule has 1 aliphatic heterocycles. The van der Waals surface area contributed by atoms with Crippen LogP contribution in [0.25, 0.3) is 0 Å². The third-order valence-electron chi connectivity index (χ3n) is 7.04. The highest BCUT2D eigenvalue weighted by Crippen LogP contribution is 2.38. The van der Waals surface area contributed by atoms with Crippen LogP contribution in [0.15, 0.2) is 53.1 Å². The van der Waals surface area contributed by atoms with Gasteiger partial charge in [0, 0.05) is 19.5 Å². The van der Waals surface area contributed by atoms with Crippen LogP contribution >= 0.6 is 0 Å². The van der Waals surface area contributed by atoms with E-state index in [1.54, 1.807) is 0 Å². The minimum atomic E-state index is -0.220. The molecule has 3 aromatic rings. The lowest BCUT2D eigenvalue weighted by Gasteiger charge is -2.38. The Bertz CT molecular complexity index is 1260. The number of carbonyl (C=O) groups is 2. The molecule has 1 saturated carbocycles. The maximum atomic E-state index is 13.3. The van der Waals surface area contributed by atoms with Crippen molar-refractivity contribution >= 4 is 11.8 Å². The molecule has 0 saturated heterocycles. The van der Waals surface area contributed by atoms with Crippen molar-refractivity contribution in [1.82, 2.24) is 15.2 Å². The first-order chi connectivity index (χ1) is 17.9. The molecule has 0 radical (unpaired) electrons. The highest BCUT2D eigenvalue weighted by molar-refractivity contribution is 5.91. The van der Waals surface area contributed by atoms with Gasteiger partial charge in [-0.05, 0) is 66.8 Å². The Labute approximate surface area is 218 Å². The number of fused-ring (bicyclic) bond motifs is 1. The van der Waals surface area contributed by atoms with E-state index < -0.39 is 0 Å². The number of hydrogen-bond donors (Lipinski definition) is 1. The van der Waals surface area contributed by atoms with E-state index in [0.29, 0.717) is 43.0 Å². The molecule has 2 aliphatic rings. The van der Waals surface area contributed by atoms with Gasteiger partial charge in [0.25, 0.3) is 5.91 Å². The monoisotopic (exact) mass is 501 g/mol. The Morgan fingerprint density at radius 2 is 1.95 bits per heavy atom. The molecule has 5 rings (SSSR count). The summed E-state index contributed by atoms with van der Waals surface area (Å²) < 4.78 is 11.5. The van der Waals surface area contributed by atoms with Crippen molar-refractivity contribution in [1.29, 1.82) is 0 Å². The van der Waals surface area contributed by atoms with Crippen LogP contribution < -0.4 is 10.1 Å². The standard InChI is InChI=1S/C30H35N3O4/c1-19(2)14-28(34)33-13-12-22-10-11-24(15-25(22)29(33)23-8-4-20(3)5-9-23)36-18-27-32-26(17-37-27)30(35)31-16-21-6-7-21/h4-5,8-11,15,17,19,21,29H,6-7,12-14,16,18H2,1-3H3,(H,31,35)/t29-/m0/s1. The second kappa shape index (κ2) is 10.8. The van der Waals surface area contributed by atoms with E-state index in [0.717, 1.165) is 17.5 Å². The normalized spacial score (nSPS) is 17.0. The predicted octanol–water partition coefficient (Wildman–Crippen LogP) is 5.22. The summed E-state index contributed by atoms with van der Waals surface area (Å²) in [6, 6.07) is 14.3. The number of rotatable bonds is 9. The SMILES string of the molecule is Cc1ccc([C@H]2c3cc(OCc4nc(C(=O)NCC5CC5)co4)ccc3CCN2C(=O)CC(C)C)cc1. The van der Waals surface area contributed by atoms with Crippen LogP contribution in [0, 0.1) is 18.8 Å². The molecule has 37 heavy (non-hydrogen) atoms. The van der Waals surface area contributed by atoms with Crippen LogP contribution in [-0.4, -0.2) is 34.8 Å². The molecule has 1 fully saturated rings. The highest BCUT2D eigenvalue weighted by atomic mass is 16.5. The lowest BCUT2D eigenvalue weighted by molar-refractivity contribution is -0.134. The Morgan fingerprint density at radius 3 is 2.68 bits per heavy atom. The fourth-order valence-electron chi connectivity index (χ4n) is 4.80. The molecular weight excluding hydrogens is 466 g/mol. The topological polar surface area (TPSA) is 84.7 Å². The number of hydrogen-bond acceptors (Lipinski definition) is 5. The maximum absolute atomic E-state index is 13.3. The largest absolute Gasteiger partial charge is 0.484 e. The molecular formula is C30H35N3O4. The van der Waals surface area contributed by atoms with Gasteiger partial charge in [0.1, 0.15) is 12.0 Å². The van der Waals surface area contributed by atoms with Gasteiger partial charge in [-0.3, -0.25) is 9.59 Å². The molecule has 194 valence electrons. The van der Waals surface area contributed by atoms with Gasteiger partial charge in [-0.1, -0.05) is 49.7 Å². The molecule has 0 spiro atoms. The molecule has 2 aromatic carbocycles. The zero-order chi connectivity index (χ0) is 25.9. The molecule has 0 unspecified atom stereocenters. The van der Waals surface area contributed by atoms with E-state index >= 15 is 0 Å². The number of benzene rings is 2. The smallest absolute Gasteiger partial charge is 0.273 e. The number of aryl methyl sites for hydroxylation is 1. The van der Waals surface area contributed by atoms with Crippen molar-refractivity contribution < 1.29 is 18.7 Å². The quantitative estimate of drug-likeness (QED) is 0.434. The van der Waals surface area contributed by atoms with Crippen LogP contribution in [0.5, 0.6) is 5.75 Å². The van der Waals surface area contributed by atoms with Gasteiger partial charge in [-0.15, -0.1) is 0 Å².